The van der Waals surface area contributed by atoms with E-state index in [0.29, 0.717) is 5.70 Å². The normalized spacial score (nSPS) is 22.5. The summed E-state index contributed by atoms with van der Waals surface area (Å²) in [5, 5.41) is 12.9. The van der Waals surface area contributed by atoms with E-state index in [4.69, 9.17) is 0 Å². The Hall–Kier alpha value is -1.97. The van der Waals surface area contributed by atoms with Gasteiger partial charge in [0.1, 0.15) is 17.6 Å². The van der Waals surface area contributed by atoms with Crippen molar-refractivity contribution in [1.82, 2.24) is 4.90 Å². The lowest BCUT2D eigenvalue weighted by Gasteiger charge is -2.28. The number of hydrogen-bond acceptors (Lipinski definition) is 4. The van der Waals surface area contributed by atoms with Gasteiger partial charge in [0.15, 0.2) is 0 Å². The number of amidine groups is 1. The average Bonchev–Trinajstić information content (AvgIpc) is 2.57. The highest BCUT2D eigenvalue weighted by Gasteiger charge is 2.35. The van der Waals surface area contributed by atoms with E-state index in [1.54, 1.807) is 0 Å². The van der Waals surface area contributed by atoms with Crippen LogP contribution in [0, 0.1) is 0 Å². The maximum atomic E-state index is 9.90. The molecule has 0 aromatic heterocycles. The standard InChI is InChI=1S/C12H13N3O/c1-7-13-10-11(15(7)2)8-5-3-4-6-9(8)14-12(10)16/h3-6,11,14,16H,1-2H3. The maximum Gasteiger partial charge on any atom is 0.213 e. The van der Waals surface area contributed by atoms with Crippen molar-refractivity contribution < 1.29 is 5.11 Å². The molecule has 4 heteroatoms. The van der Waals surface area contributed by atoms with Crippen LogP contribution < -0.4 is 5.32 Å². The van der Waals surface area contributed by atoms with Crippen LogP contribution in [-0.2, 0) is 0 Å². The largest absolute Gasteiger partial charge is 0.493 e. The number of fused-ring (bicyclic) bond motifs is 3. The van der Waals surface area contributed by atoms with E-state index >= 15 is 0 Å². The van der Waals surface area contributed by atoms with Gasteiger partial charge in [0, 0.05) is 18.3 Å². The molecule has 2 N–H and O–H groups in total. The molecule has 1 aromatic rings. The maximum absolute atomic E-state index is 9.90. The molecule has 16 heavy (non-hydrogen) atoms. The smallest absolute Gasteiger partial charge is 0.213 e. The lowest BCUT2D eigenvalue weighted by molar-refractivity contribution is 0.375. The van der Waals surface area contributed by atoms with Gasteiger partial charge >= 0.3 is 0 Å². The third kappa shape index (κ3) is 1.07. The van der Waals surface area contributed by atoms with Gasteiger partial charge in [-0.1, -0.05) is 18.2 Å². The third-order valence-corrected chi connectivity index (χ3v) is 3.19. The minimum atomic E-state index is 0.0393. The van der Waals surface area contributed by atoms with Gasteiger partial charge in [-0.25, -0.2) is 4.99 Å². The second-order valence-electron chi connectivity index (χ2n) is 4.12. The number of aliphatic hydroxyl groups is 1. The lowest BCUT2D eigenvalue weighted by atomic mass is 9.99. The van der Waals surface area contributed by atoms with Crippen molar-refractivity contribution >= 4 is 11.5 Å². The summed E-state index contributed by atoms with van der Waals surface area (Å²) in [5.41, 5.74) is 2.81. The Balaban J connectivity index is 2.19. The molecule has 2 aliphatic rings. The quantitative estimate of drug-likeness (QED) is 0.697. The second kappa shape index (κ2) is 3.01. The van der Waals surface area contributed by atoms with Gasteiger partial charge in [-0.05, 0) is 13.0 Å². The van der Waals surface area contributed by atoms with Crippen molar-refractivity contribution in [3.8, 4) is 0 Å². The Bertz CT molecular complexity index is 519. The third-order valence-electron chi connectivity index (χ3n) is 3.19. The molecule has 1 unspecified atom stereocenters. The summed E-state index contributed by atoms with van der Waals surface area (Å²) in [7, 11) is 1.99. The summed E-state index contributed by atoms with van der Waals surface area (Å²) in [6.45, 7) is 1.95. The Morgan fingerprint density at radius 1 is 1.38 bits per heavy atom. The SMILES string of the molecule is CC1=NC2=C(O)Nc3ccccc3C2N1C. The number of likely N-dealkylation sites (N-methyl/N-ethyl adjacent to an activating group) is 1. The van der Waals surface area contributed by atoms with Crippen molar-refractivity contribution in [2.45, 2.75) is 13.0 Å². The van der Waals surface area contributed by atoms with E-state index in [-0.39, 0.29) is 11.9 Å². The Labute approximate surface area is 93.9 Å². The number of nitrogens with zero attached hydrogens (tertiary/aromatic N) is 2. The Kier molecular flexibility index (Phi) is 1.74. The molecule has 4 nitrogen and oxygen atoms in total. The molecule has 2 aliphatic heterocycles. The van der Waals surface area contributed by atoms with E-state index in [9.17, 15) is 5.11 Å². The molecule has 0 spiro atoms. The molecule has 0 radical (unpaired) electrons. The van der Waals surface area contributed by atoms with E-state index < -0.39 is 0 Å². The molecule has 0 bridgehead atoms. The molecule has 0 aliphatic carbocycles. The molecule has 0 amide bonds. The molecule has 2 heterocycles. The van der Waals surface area contributed by atoms with Crippen molar-refractivity contribution in [2.75, 3.05) is 12.4 Å². The van der Waals surface area contributed by atoms with Gasteiger partial charge in [0.2, 0.25) is 5.88 Å². The number of aliphatic hydroxyl groups excluding tert-OH is 1. The van der Waals surface area contributed by atoms with Crippen LogP contribution in [0.1, 0.15) is 18.5 Å². The molecule has 0 saturated carbocycles. The Morgan fingerprint density at radius 3 is 2.94 bits per heavy atom. The van der Waals surface area contributed by atoms with Crippen molar-refractivity contribution in [3.05, 3.63) is 41.4 Å². The van der Waals surface area contributed by atoms with Crippen LogP contribution in [0.3, 0.4) is 0 Å². The highest BCUT2D eigenvalue weighted by Crippen LogP contribution is 2.42. The zero-order valence-electron chi connectivity index (χ0n) is 9.23. The first-order chi connectivity index (χ1) is 7.68. The van der Waals surface area contributed by atoms with Crippen LogP contribution in [-0.4, -0.2) is 22.9 Å². The summed E-state index contributed by atoms with van der Waals surface area (Å²) in [5.74, 6) is 1.08. The van der Waals surface area contributed by atoms with Crippen molar-refractivity contribution in [3.63, 3.8) is 0 Å². The number of aliphatic imine (C=N–C) groups is 1. The fourth-order valence-corrected chi connectivity index (χ4v) is 2.26. The van der Waals surface area contributed by atoms with Crippen LogP contribution >= 0.6 is 0 Å². The highest BCUT2D eigenvalue weighted by atomic mass is 16.3. The van der Waals surface area contributed by atoms with Crippen LogP contribution in [0.4, 0.5) is 5.69 Å². The van der Waals surface area contributed by atoms with Crippen LogP contribution in [0.25, 0.3) is 0 Å². The van der Waals surface area contributed by atoms with Gasteiger partial charge in [0.05, 0.1) is 0 Å². The molecule has 0 fully saturated rings. The van der Waals surface area contributed by atoms with Crippen LogP contribution in [0.5, 0.6) is 0 Å². The highest BCUT2D eigenvalue weighted by molar-refractivity contribution is 5.85. The summed E-state index contributed by atoms with van der Waals surface area (Å²) in [6.07, 6.45) is 0. The molecule has 1 atom stereocenters. The van der Waals surface area contributed by atoms with Gasteiger partial charge in [-0.15, -0.1) is 0 Å². The summed E-state index contributed by atoms with van der Waals surface area (Å²) in [4.78, 5) is 6.46. The number of rotatable bonds is 0. The summed E-state index contributed by atoms with van der Waals surface area (Å²) < 4.78 is 0. The van der Waals surface area contributed by atoms with Crippen LogP contribution in [0.15, 0.2) is 40.8 Å². The summed E-state index contributed by atoms with van der Waals surface area (Å²) in [6, 6.07) is 8.01. The van der Waals surface area contributed by atoms with E-state index in [2.05, 4.69) is 21.3 Å². The average molecular weight is 215 g/mol. The van der Waals surface area contributed by atoms with Crippen LogP contribution in [0.2, 0.25) is 0 Å². The first-order valence-electron chi connectivity index (χ1n) is 5.25. The predicted octanol–water partition coefficient (Wildman–Crippen LogP) is 2.24. The molecular weight excluding hydrogens is 202 g/mol. The number of hydrogen-bond donors (Lipinski definition) is 2. The minimum Gasteiger partial charge on any atom is -0.493 e. The zero-order valence-corrected chi connectivity index (χ0v) is 9.23. The van der Waals surface area contributed by atoms with Crippen molar-refractivity contribution in [1.29, 1.82) is 0 Å². The number of anilines is 1. The number of benzene rings is 1. The van der Waals surface area contributed by atoms with Gasteiger partial charge in [0.25, 0.3) is 0 Å². The monoisotopic (exact) mass is 215 g/mol. The molecule has 3 rings (SSSR count). The Morgan fingerprint density at radius 2 is 2.12 bits per heavy atom. The lowest BCUT2D eigenvalue weighted by Crippen LogP contribution is -2.27. The van der Waals surface area contributed by atoms with E-state index in [0.717, 1.165) is 17.1 Å². The first-order valence-corrected chi connectivity index (χ1v) is 5.25. The first kappa shape index (κ1) is 9.27. The number of para-hydroxylation sites is 1. The van der Waals surface area contributed by atoms with Gasteiger partial charge < -0.3 is 15.3 Å². The van der Waals surface area contributed by atoms with Crippen molar-refractivity contribution in [2.24, 2.45) is 4.99 Å². The summed E-state index contributed by atoms with van der Waals surface area (Å²) >= 11 is 0. The van der Waals surface area contributed by atoms with Gasteiger partial charge in [-0.2, -0.15) is 0 Å². The number of nitrogens with one attached hydrogen (secondary N) is 1. The molecule has 82 valence electrons. The van der Waals surface area contributed by atoms with Gasteiger partial charge in [-0.3, -0.25) is 0 Å². The molecule has 0 saturated heterocycles. The fourth-order valence-electron chi connectivity index (χ4n) is 2.26. The second-order valence-corrected chi connectivity index (χ2v) is 4.12. The predicted molar refractivity (Wildman–Crippen MR) is 63.3 cm³/mol. The fraction of sp³-hybridized carbons (Fsp3) is 0.250. The van der Waals surface area contributed by atoms with E-state index in [1.807, 2.05) is 32.2 Å². The zero-order chi connectivity index (χ0) is 11.3. The minimum absolute atomic E-state index is 0.0393. The molecular formula is C12H13N3O. The molecule has 1 aromatic carbocycles. The van der Waals surface area contributed by atoms with E-state index in [1.165, 1.54) is 0 Å². The topological polar surface area (TPSA) is 47.9 Å².